The Morgan fingerprint density at radius 2 is 1.77 bits per heavy atom. The molecule has 10 nitrogen and oxygen atoms in total. The Bertz CT molecular complexity index is 1520. The summed E-state index contributed by atoms with van der Waals surface area (Å²) in [6.07, 6.45) is 6.39. The van der Waals surface area contributed by atoms with Gasteiger partial charge in [-0.3, -0.25) is 9.59 Å². The third-order valence-electron chi connectivity index (χ3n) is 7.49. The molecule has 0 aromatic heterocycles. The van der Waals surface area contributed by atoms with Crippen LogP contribution in [0.25, 0.3) is 0 Å². The number of ether oxygens (including phenoxy) is 3. The van der Waals surface area contributed by atoms with Gasteiger partial charge in [0, 0.05) is 61.9 Å². The van der Waals surface area contributed by atoms with Crippen molar-refractivity contribution < 1.29 is 33.4 Å². The van der Waals surface area contributed by atoms with Gasteiger partial charge in [-0.1, -0.05) is 30.3 Å². The largest absolute Gasteiger partial charge is 0.482 e. The van der Waals surface area contributed by atoms with Gasteiger partial charge in [0.05, 0.1) is 6.54 Å². The molecule has 2 heterocycles. The molecule has 2 aromatic rings. The van der Waals surface area contributed by atoms with E-state index in [-0.39, 0.29) is 43.6 Å². The zero-order valence-electron chi connectivity index (χ0n) is 24.4. The maximum absolute atomic E-state index is 12.9. The van der Waals surface area contributed by atoms with Crippen LogP contribution in [0.3, 0.4) is 0 Å². The highest BCUT2D eigenvalue weighted by atomic mass is 32.2. The highest BCUT2D eigenvalue weighted by Crippen LogP contribution is 2.30. The van der Waals surface area contributed by atoms with Gasteiger partial charge in [-0.25, -0.2) is 9.59 Å². The molecule has 0 atom stereocenters. The van der Waals surface area contributed by atoms with Gasteiger partial charge in [-0.05, 0) is 65.4 Å². The number of ketones is 1. The van der Waals surface area contributed by atoms with Crippen molar-refractivity contribution in [3.63, 3.8) is 0 Å². The van der Waals surface area contributed by atoms with Crippen LogP contribution in [0.2, 0.25) is 0 Å². The monoisotopic (exact) mass is 615 g/mol. The van der Waals surface area contributed by atoms with E-state index in [0.29, 0.717) is 55.8 Å². The Balaban J connectivity index is 1.01. The minimum absolute atomic E-state index is 0.0340. The minimum atomic E-state index is -0.508. The molecular weight excluding hydrogens is 582 g/mol. The molecule has 44 heavy (non-hydrogen) atoms. The lowest BCUT2D eigenvalue weighted by atomic mass is 9.97. The summed E-state index contributed by atoms with van der Waals surface area (Å²) in [5.41, 5.74) is 3.86. The summed E-state index contributed by atoms with van der Waals surface area (Å²) in [6.45, 7) is 1.17. The van der Waals surface area contributed by atoms with Gasteiger partial charge < -0.3 is 24.0 Å². The average Bonchev–Trinajstić information content (AvgIpc) is 3.36. The van der Waals surface area contributed by atoms with Gasteiger partial charge in [-0.15, -0.1) is 0 Å². The van der Waals surface area contributed by atoms with E-state index in [1.54, 1.807) is 40.1 Å². The molecule has 1 saturated heterocycles. The molecule has 1 fully saturated rings. The first kappa shape index (κ1) is 30.8. The second kappa shape index (κ2) is 14.7. The fraction of sp³-hybridized carbons (Fsp3) is 0.333. The van der Waals surface area contributed by atoms with Crippen molar-refractivity contribution in [1.29, 1.82) is 0 Å². The highest BCUT2D eigenvalue weighted by molar-refractivity contribution is 7.97. The molecule has 0 bridgehead atoms. The van der Waals surface area contributed by atoms with Crippen molar-refractivity contribution in [1.82, 2.24) is 9.80 Å². The second-order valence-electron chi connectivity index (χ2n) is 10.6. The van der Waals surface area contributed by atoms with Gasteiger partial charge in [-0.2, -0.15) is 4.40 Å². The number of amides is 2. The number of likely N-dealkylation sites (tertiary alicyclic amines) is 1. The first-order valence-electron chi connectivity index (χ1n) is 14.3. The van der Waals surface area contributed by atoms with Crippen molar-refractivity contribution >= 4 is 41.6 Å². The molecule has 0 saturated carbocycles. The van der Waals surface area contributed by atoms with Crippen LogP contribution in [-0.4, -0.2) is 84.6 Å². The number of esters is 1. The molecule has 2 aromatic carbocycles. The first-order chi connectivity index (χ1) is 21.4. The predicted molar refractivity (Wildman–Crippen MR) is 165 cm³/mol. The highest BCUT2D eigenvalue weighted by Gasteiger charge is 2.32. The molecule has 1 aliphatic carbocycles. The van der Waals surface area contributed by atoms with E-state index in [1.165, 1.54) is 11.9 Å². The summed E-state index contributed by atoms with van der Waals surface area (Å²) < 4.78 is 20.5. The Morgan fingerprint density at radius 1 is 1.02 bits per heavy atom. The molecule has 5 rings (SSSR count). The summed E-state index contributed by atoms with van der Waals surface area (Å²) in [4.78, 5) is 53.6. The Kier molecular flexibility index (Phi) is 10.3. The number of piperidine rings is 1. The lowest BCUT2D eigenvalue weighted by Gasteiger charge is -2.31. The topological polar surface area (TPSA) is 115 Å². The molecule has 11 heteroatoms. The van der Waals surface area contributed by atoms with E-state index < -0.39 is 5.97 Å². The van der Waals surface area contributed by atoms with E-state index in [1.807, 2.05) is 42.7 Å². The van der Waals surface area contributed by atoms with Gasteiger partial charge in [0.25, 0.3) is 5.91 Å². The smallest absolute Gasteiger partial charge is 0.410 e. The fourth-order valence-electron chi connectivity index (χ4n) is 5.16. The van der Waals surface area contributed by atoms with E-state index in [2.05, 4.69) is 10.3 Å². The molecule has 2 amide bonds. The Hall–Kier alpha value is -4.60. The SMILES string of the molecule is CSN=C=C1C=CC2=C(C1)CN(CC(=O)c1ccc(OCC(=O)OC3CCN(C(=O)OCc4ccccc4)CC3)cc1)C2=O. The molecule has 0 unspecified atom stereocenters. The van der Waals surface area contributed by atoms with E-state index in [0.717, 1.165) is 16.7 Å². The quantitative estimate of drug-likeness (QED) is 0.165. The number of rotatable bonds is 10. The van der Waals surface area contributed by atoms with E-state index in [9.17, 15) is 19.2 Å². The van der Waals surface area contributed by atoms with Crippen LogP contribution < -0.4 is 4.74 Å². The average molecular weight is 616 g/mol. The molecule has 3 aliphatic rings. The van der Waals surface area contributed by atoms with Crippen molar-refractivity contribution in [2.24, 2.45) is 4.40 Å². The first-order valence-corrected chi connectivity index (χ1v) is 15.5. The summed E-state index contributed by atoms with van der Waals surface area (Å²) in [5, 5.41) is 0. The number of carbonyl (C=O) groups excluding carboxylic acids is 4. The predicted octanol–water partition coefficient (Wildman–Crippen LogP) is 4.57. The van der Waals surface area contributed by atoms with Crippen LogP contribution in [0.1, 0.15) is 35.2 Å². The zero-order valence-corrected chi connectivity index (χ0v) is 25.2. The number of carbonyl (C=O) groups is 4. The van der Waals surface area contributed by atoms with Gasteiger partial charge >= 0.3 is 12.1 Å². The van der Waals surface area contributed by atoms with E-state index in [4.69, 9.17) is 14.2 Å². The molecule has 2 aliphatic heterocycles. The van der Waals surface area contributed by atoms with Crippen LogP contribution in [-0.2, 0) is 25.7 Å². The number of Topliss-reactive ketones (excluding diaryl/α,β-unsaturated/α-hetero) is 1. The molecule has 0 N–H and O–H groups in total. The van der Waals surface area contributed by atoms with Crippen molar-refractivity contribution in [3.05, 3.63) is 94.6 Å². The Labute approximate surface area is 260 Å². The molecule has 0 spiro atoms. The lowest BCUT2D eigenvalue weighted by Crippen LogP contribution is -2.42. The molecule has 228 valence electrons. The maximum atomic E-state index is 12.9. The van der Waals surface area contributed by atoms with Crippen LogP contribution in [0.4, 0.5) is 4.79 Å². The standard InChI is InChI=1S/C33H33N3O7S/c1-44-34-18-24-7-12-29-26(17-24)19-36(32(29)39)20-30(37)25-8-10-27(11-9-25)41-22-31(38)43-28-13-15-35(16-14-28)33(40)42-21-23-5-3-2-4-6-23/h2-12,28H,13-17,19-22H2,1H3. The third kappa shape index (κ3) is 8.06. The molecular formula is C33H33N3O7S. The summed E-state index contributed by atoms with van der Waals surface area (Å²) in [5.74, 6) is 2.53. The van der Waals surface area contributed by atoms with Crippen molar-refractivity contribution in [2.75, 3.05) is 39.0 Å². The number of nitrogens with zero attached hydrogens (tertiary/aromatic N) is 3. The summed E-state index contributed by atoms with van der Waals surface area (Å²) in [7, 11) is 0. The van der Waals surface area contributed by atoms with Gasteiger partial charge in [0.1, 0.15) is 18.5 Å². The van der Waals surface area contributed by atoms with Crippen LogP contribution >= 0.6 is 11.9 Å². The zero-order chi connectivity index (χ0) is 30.9. The van der Waals surface area contributed by atoms with Crippen molar-refractivity contribution in [3.8, 4) is 5.75 Å². The minimum Gasteiger partial charge on any atom is -0.482 e. The lowest BCUT2D eigenvalue weighted by molar-refractivity contribution is -0.153. The van der Waals surface area contributed by atoms with E-state index >= 15 is 0 Å². The molecule has 0 radical (unpaired) electrons. The fourth-order valence-corrected chi connectivity index (χ4v) is 5.37. The maximum Gasteiger partial charge on any atom is 0.410 e. The Morgan fingerprint density at radius 3 is 2.50 bits per heavy atom. The number of benzene rings is 2. The summed E-state index contributed by atoms with van der Waals surface area (Å²) in [6, 6.07) is 15.9. The summed E-state index contributed by atoms with van der Waals surface area (Å²) >= 11 is 1.32. The van der Waals surface area contributed by atoms with Gasteiger partial charge in [0.2, 0.25) is 0 Å². The van der Waals surface area contributed by atoms with Crippen LogP contribution in [0.5, 0.6) is 5.75 Å². The number of allylic oxidation sites excluding steroid dienone is 2. The van der Waals surface area contributed by atoms with Crippen molar-refractivity contribution in [2.45, 2.75) is 32.0 Å². The van der Waals surface area contributed by atoms with Gasteiger partial charge in [0.15, 0.2) is 12.4 Å². The normalized spacial score (nSPS) is 16.4. The third-order valence-corrected chi connectivity index (χ3v) is 7.76. The second-order valence-corrected chi connectivity index (χ2v) is 11.1. The number of hydrogen-bond acceptors (Lipinski definition) is 9. The number of hydrogen-bond donors (Lipinski definition) is 0. The van der Waals surface area contributed by atoms with Crippen LogP contribution in [0.15, 0.2) is 87.9 Å². The van der Waals surface area contributed by atoms with Crippen LogP contribution in [0, 0.1) is 0 Å².